The van der Waals surface area contributed by atoms with Crippen LogP contribution in [-0.2, 0) is 11.3 Å². The topological polar surface area (TPSA) is 104 Å². The molecule has 0 unspecified atom stereocenters. The van der Waals surface area contributed by atoms with Crippen molar-refractivity contribution in [3.05, 3.63) is 76.2 Å². The van der Waals surface area contributed by atoms with Gasteiger partial charge in [0.05, 0.1) is 29.2 Å². The van der Waals surface area contributed by atoms with Gasteiger partial charge in [0.2, 0.25) is 5.91 Å². The average molecular weight is 529 g/mol. The summed E-state index contributed by atoms with van der Waals surface area (Å²) in [5.74, 6) is 6.09. The first-order chi connectivity index (χ1) is 18.2. The van der Waals surface area contributed by atoms with Gasteiger partial charge >= 0.3 is 0 Å². The molecule has 4 rings (SSSR count). The molecule has 0 bridgehead atoms. The summed E-state index contributed by atoms with van der Waals surface area (Å²) in [4.78, 5) is 31.8. The van der Waals surface area contributed by atoms with E-state index in [1.165, 1.54) is 10.9 Å². The molecule has 0 aliphatic carbocycles. The number of aryl methyl sites for hydroxylation is 1. The van der Waals surface area contributed by atoms with E-state index < -0.39 is 11.3 Å². The summed E-state index contributed by atoms with van der Waals surface area (Å²) in [7, 11) is 0. The number of pyridine rings is 1. The van der Waals surface area contributed by atoms with Crippen LogP contribution >= 0.6 is 11.6 Å². The van der Waals surface area contributed by atoms with Gasteiger partial charge in [-0.05, 0) is 43.5 Å². The number of amides is 2. The van der Waals surface area contributed by atoms with Crippen molar-refractivity contribution in [2.24, 2.45) is 11.3 Å². The maximum Gasteiger partial charge on any atom is 0.276 e. The summed E-state index contributed by atoms with van der Waals surface area (Å²) in [6, 6.07) is 13.9. The number of carbonyl (C=O) groups is 2. The van der Waals surface area contributed by atoms with Crippen LogP contribution in [0.15, 0.2) is 48.8 Å². The fourth-order valence-electron chi connectivity index (χ4n) is 4.43. The Morgan fingerprint density at radius 2 is 1.82 bits per heavy atom. The molecule has 8 nitrogen and oxygen atoms in total. The largest absolute Gasteiger partial charge is 0.342 e. The maximum absolute atomic E-state index is 13.3. The summed E-state index contributed by atoms with van der Waals surface area (Å²) in [6.45, 7) is 6.75. The SMILES string of the molecule is Cc1cc(C#Cc2ccccc2)cnc1NC(=O)c1c(Cl)cnn1CC1(C#N)CCN(C(=O)C(C)C)CC1. The second-order valence-corrected chi connectivity index (χ2v) is 10.2. The number of aromatic nitrogens is 3. The molecule has 0 saturated carbocycles. The first kappa shape index (κ1) is 26.9. The minimum Gasteiger partial charge on any atom is -0.342 e. The number of nitrogens with one attached hydrogen (secondary N) is 1. The van der Waals surface area contributed by atoms with Crippen molar-refractivity contribution in [1.29, 1.82) is 5.26 Å². The molecule has 3 heterocycles. The Morgan fingerprint density at radius 3 is 2.45 bits per heavy atom. The molecule has 194 valence electrons. The number of carbonyl (C=O) groups excluding carboxylic acids is 2. The molecule has 2 amide bonds. The van der Waals surface area contributed by atoms with Crippen molar-refractivity contribution in [2.45, 2.75) is 40.2 Å². The number of rotatable bonds is 5. The highest BCUT2D eigenvalue weighted by atomic mass is 35.5. The van der Waals surface area contributed by atoms with Gasteiger partial charge in [-0.2, -0.15) is 10.4 Å². The first-order valence-electron chi connectivity index (χ1n) is 12.5. The van der Waals surface area contributed by atoms with E-state index in [0.29, 0.717) is 31.7 Å². The third-order valence-corrected chi connectivity index (χ3v) is 6.94. The molecule has 1 aliphatic rings. The lowest BCUT2D eigenvalue weighted by Crippen LogP contribution is -2.46. The highest BCUT2D eigenvalue weighted by Crippen LogP contribution is 2.34. The number of halogens is 1. The second-order valence-electron chi connectivity index (χ2n) is 9.83. The minimum atomic E-state index is -0.759. The Bertz CT molecular complexity index is 1440. The maximum atomic E-state index is 13.3. The van der Waals surface area contributed by atoms with E-state index in [0.717, 1.165) is 16.7 Å². The number of anilines is 1. The fourth-order valence-corrected chi connectivity index (χ4v) is 4.65. The summed E-state index contributed by atoms with van der Waals surface area (Å²) < 4.78 is 1.48. The predicted octanol–water partition coefficient (Wildman–Crippen LogP) is 4.68. The van der Waals surface area contributed by atoms with Gasteiger partial charge in [0.15, 0.2) is 0 Å². The lowest BCUT2D eigenvalue weighted by atomic mass is 9.79. The van der Waals surface area contributed by atoms with Crippen LogP contribution in [0.25, 0.3) is 0 Å². The summed E-state index contributed by atoms with van der Waals surface area (Å²) >= 11 is 6.36. The van der Waals surface area contributed by atoms with Crippen molar-refractivity contribution in [3.8, 4) is 17.9 Å². The molecule has 2 aromatic heterocycles. The quantitative estimate of drug-likeness (QED) is 0.484. The highest BCUT2D eigenvalue weighted by molar-refractivity contribution is 6.34. The molecular weight excluding hydrogens is 500 g/mol. The molecule has 9 heteroatoms. The van der Waals surface area contributed by atoms with Crippen LogP contribution in [0.1, 0.15) is 53.9 Å². The third-order valence-electron chi connectivity index (χ3n) is 6.66. The zero-order valence-corrected chi connectivity index (χ0v) is 22.4. The molecular formula is C29H29ClN6O2. The zero-order chi connectivity index (χ0) is 27.3. The Kier molecular flexibility index (Phi) is 8.14. The first-order valence-corrected chi connectivity index (χ1v) is 12.9. The molecule has 0 atom stereocenters. The van der Waals surface area contributed by atoms with E-state index in [9.17, 15) is 14.9 Å². The van der Waals surface area contributed by atoms with Gasteiger partial charge in [0.25, 0.3) is 5.91 Å². The zero-order valence-electron chi connectivity index (χ0n) is 21.7. The van der Waals surface area contributed by atoms with E-state index in [1.807, 2.05) is 57.2 Å². The number of nitriles is 1. The number of piperidine rings is 1. The van der Waals surface area contributed by atoms with E-state index in [-0.39, 0.29) is 29.1 Å². The molecule has 1 N–H and O–H groups in total. The van der Waals surface area contributed by atoms with Gasteiger partial charge in [-0.3, -0.25) is 14.3 Å². The van der Waals surface area contributed by atoms with Crippen LogP contribution in [0, 0.1) is 41.4 Å². The van der Waals surface area contributed by atoms with Crippen molar-refractivity contribution in [1.82, 2.24) is 19.7 Å². The fraction of sp³-hybridized carbons (Fsp3) is 0.345. The smallest absolute Gasteiger partial charge is 0.276 e. The van der Waals surface area contributed by atoms with Gasteiger partial charge in [0.1, 0.15) is 11.5 Å². The molecule has 0 radical (unpaired) electrons. The predicted molar refractivity (Wildman–Crippen MR) is 145 cm³/mol. The molecule has 1 aliphatic heterocycles. The van der Waals surface area contributed by atoms with Gasteiger partial charge in [-0.1, -0.05) is 55.5 Å². The second kappa shape index (κ2) is 11.5. The van der Waals surface area contributed by atoms with Crippen LogP contribution in [0.2, 0.25) is 5.02 Å². The van der Waals surface area contributed by atoms with E-state index in [1.54, 1.807) is 11.1 Å². The number of nitrogens with zero attached hydrogens (tertiary/aromatic N) is 5. The van der Waals surface area contributed by atoms with Crippen LogP contribution in [0.4, 0.5) is 5.82 Å². The number of hydrogen-bond acceptors (Lipinski definition) is 5. The van der Waals surface area contributed by atoms with Crippen molar-refractivity contribution >= 4 is 29.2 Å². The lowest BCUT2D eigenvalue weighted by molar-refractivity contribution is -0.136. The van der Waals surface area contributed by atoms with Gasteiger partial charge < -0.3 is 10.2 Å². The number of benzene rings is 1. The summed E-state index contributed by atoms with van der Waals surface area (Å²) in [6.07, 6.45) is 4.00. The molecule has 38 heavy (non-hydrogen) atoms. The van der Waals surface area contributed by atoms with Crippen LogP contribution < -0.4 is 5.32 Å². The molecule has 1 aromatic carbocycles. The highest BCUT2D eigenvalue weighted by Gasteiger charge is 2.38. The number of hydrogen-bond donors (Lipinski definition) is 1. The van der Waals surface area contributed by atoms with Crippen LogP contribution in [-0.4, -0.2) is 44.6 Å². The summed E-state index contributed by atoms with van der Waals surface area (Å²) in [5.41, 5.74) is 1.78. The Morgan fingerprint density at radius 1 is 1.13 bits per heavy atom. The lowest BCUT2D eigenvalue weighted by Gasteiger charge is -2.38. The van der Waals surface area contributed by atoms with E-state index in [2.05, 4.69) is 33.3 Å². The van der Waals surface area contributed by atoms with Crippen molar-refractivity contribution < 1.29 is 9.59 Å². The molecule has 3 aromatic rings. The van der Waals surface area contributed by atoms with E-state index >= 15 is 0 Å². The van der Waals surface area contributed by atoms with Crippen molar-refractivity contribution in [2.75, 3.05) is 18.4 Å². The number of likely N-dealkylation sites (tertiary alicyclic amines) is 1. The van der Waals surface area contributed by atoms with Gasteiger partial charge in [-0.25, -0.2) is 4.98 Å². The Balaban J connectivity index is 1.48. The van der Waals surface area contributed by atoms with E-state index in [4.69, 9.17) is 11.6 Å². The average Bonchev–Trinajstić information content (AvgIpc) is 3.28. The van der Waals surface area contributed by atoms with Gasteiger partial charge in [-0.15, -0.1) is 0 Å². The normalized spacial score (nSPS) is 14.4. The van der Waals surface area contributed by atoms with Crippen LogP contribution in [0.5, 0.6) is 0 Å². The van der Waals surface area contributed by atoms with Gasteiger partial charge in [0, 0.05) is 36.3 Å². The minimum absolute atomic E-state index is 0.0821. The Hall–Kier alpha value is -4.14. The van der Waals surface area contributed by atoms with Crippen LogP contribution in [0.3, 0.4) is 0 Å². The third kappa shape index (κ3) is 6.04. The molecule has 1 saturated heterocycles. The monoisotopic (exact) mass is 528 g/mol. The molecule has 0 spiro atoms. The standard InChI is InChI=1S/C29H29ClN6O2/c1-20(2)28(38)35-13-11-29(18-31,12-14-35)19-36-25(24(30)17-33-36)27(37)34-26-21(3)15-23(16-32-26)10-9-22-7-5-4-6-8-22/h4-8,15-17,20H,11-14,19H2,1-3H3,(H,32,34,37). The van der Waals surface area contributed by atoms with Crippen molar-refractivity contribution in [3.63, 3.8) is 0 Å². The Labute approximate surface area is 227 Å². The summed E-state index contributed by atoms with van der Waals surface area (Å²) in [5, 5.41) is 17.3. The molecule has 1 fully saturated rings.